The summed E-state index contributed by atoms with van der Waals surface area (Å²) in [5.74, 6) is -0.703. The second-order valence-corrected chi connectivity index (χ2v) is 7.46. The molecule has 3 aromatic rings. The molecule has 0 saturated heterocycles. The summed E-state index contributed by atoms with van der Waals surface area (Å²) in [6.45, 7) is 4.17. The van der Waals surface area contributed by atoms with E-state index in [9.17, 15) is 14.5 Å². The van der Waals surface area contributed by atoms with Crippen molar-refractivity contribution >= 4 is 28.0 Å². The molecular weight excluding hydrogens is 322 g/mol. The van der Waals surface area contributed by atoms with Crippen LogP contribution >= 0.6 is 0 Å². The molecule has 0 aliphatic rings. The Kier molecular flexibility index (Phi) is 4.39. The van der Waals surface area contributed by atoms with E-state index in [2.05, 4.69) is 18.8 Å². The third-order valence-electron chi connectivity index (χ3n) is 4.18. The lowest BCUT2D eigenvalue weighted by Gasteiger charge is -2.08. The third kappa shape index (κ3) is 2.81. The van der Waals surface area contributed by atoms with Gasteiger partial charge in [-0.05, 0) is 52.5 Å². The molecule has 1 heterocycles. The average Bonchev–Trinajstić information content (AvgIpc) is 2.94. The van der Waals surface area contributed by atoms with Crippen molar-refractivity contribution in [3.05, 3.63) is 53.7 Å². The number of carboxylic acid groups (broad SMARTS) is 1. The van der Waals surface area contributed by atoms with Gasteiger partial charge in [-0.2, -0.15) is 0 Å². The Morgan fingerprint density at radius 3 is 2.38 bits per heavy atom. The van der Waals surface area contributed by atoms with Crippen molar-refractivity contribution in [2.75, 3.05) is 6.26 Å². The summed E-state index contributed by atoms with van der Waals surface area (Å²) in [4.78, 5) is 15.6. The highest BCUT2D eigenvalue weighted by atomic mass is 32.2. The maximum atomic E-state index is 11.7. The molecule has 2 N–H and O–H groups in total. The van der Waals surface area contributed by atoms with Crippen LogP contribution in [0.3, 0.4) is 0 Å². The smallest absolute Gasteiger partial charge is 0.352 e. The van der Waals surface area contributed by atoms with E-state index in [-0.39, 0.29) is 11.6 Å². The largest absolute Gasteiger partial charge is 0.612 e. The molecule has 0 radical (unpaired) electrons. The standard InChI is InChI=1S/C19H19NO3S/c1-11(2)14-5-4-6-15-16(18(19(21)22)20-17(14)15)12-7-9-13(10-8-12)24(3)23/h4-11,20H,1-3H3,(H,21,22). The average molecular weight is 341 g/mol. The molecule has 0 amide bonds. The summed E-state index contributed by atoms with van der Waals surface area (Å²) in [5, 5.41) is 10.5. The lowest BCUT2D eigenvalue weighted by atomic mass is 9.97. The Hall–Kier alpha value is -2.24. The summed E-state index contributed by atoms with van der Waals surface area (Å²) in [5.41, 5.74) is 3.61. The molecule has 1 aromatic heterocycles. The number of aromatic nitrogens is 1. The number of H-pyrrole nitrogens is 1. The van der Waals surface area contributed by atoms with Crippen LogP contribution in [0.2, 0.25) is 0 Å². The number of hydrogen-bond acceptors (Lipinski definition) is 2. The van der Waals surface area contributed by atoms with Gasteiger partial charge in [-0.3, -0.25) is 0 Å². The number of fused-ring (bicyclic) bond motifs is 1. The van der Waals surface area contributed by atoms with Crippen LogP contribution in [-0.2, 0) is 11.2 Å². The zero-order chi connectivity index (χ0) is 17.4. The van der Waals surface area contributed by atoms with Crippen LogP contribution in [0.4, 0.5) is 0 Å². The highest BCUT2D eigenvalue weighted by Crippen LogP contribution is 2.36. The second kappa shape index (κ2) is 6.34. The number of nitrogens with one attached hydrogen (secondary N) is 1. The van der Waals surface area contributed by atoms with Gasteiger partial charge in [-0.1, -0.05) is 32.0 Å². The highest BCUT2D eigenvalue weighted by Gasteiger charge is 2.21. The van der Waals surface area contributed by atoms with Gasteiger partial charge < -0.3 is 14.6 Å². The SMILES string of the molecule is CC(C)c1cccc2c(-c3ccc([S+](C)[O-])cc3)c(C(=O)O)[nH]c12. The lowest BCUT2D eigenvalue weighted by Crippen LogP contribution is -2.00. The number of hydrogen-bond donors (Lipinski definition) is 2. The van der Waals surface area contributed by atoms with Crippen LogP contribution in [0, 0.1) is 0 Å². The molecule has 3 rings (SSSR count). The van der Waals surface area contributed by atoms with Crippen LogP contribution in [0.15, 0.2) is 47.4 Å². The fourth-order valence-electron chi connectivity index (χ4n) is 2.99. The van der Waals surface area contributed by atoms with Gasteiger partial charge in [0, 0.05) is 10.9 Å². The topological polar surface area (TPSA) is 76.2 Å². The molecule has 1 atom stereocenters. The van der Waals surface area contributed by atoms with E-state index in [1.807, 2.05) is 30.3 Å². The number of carboxylic acids is 1. The van der Waals surface area contributed by atoms with Crippen LogP contribution in [0.1, 0.15) is 35.8 Å². The predicted octanol–water partition coefficient (Wildman–Crippen LogP) is 4.39. The van der Waals surface area contributed by atoms with Crippen LogP contribution < -0.4 is 0 Å². The van der Waals surface area contributed by atoms with Gasteiger partial charge in [0.05, 0.1) is 5.52 Å². The van der Waals surface area contributed by atoms with Crippen LogP contribution in [-0.4, -0.2) is 26.9 Å². The van der Waals surface area contributed by atoms with Crippen molar-refractivity contribution in [3.8, 4) is 11.1 Å². The third-order valence-corrected chi connectivity index (χ3v) is 5.11. The lowest BCUT2D eigenvalue weighted by molar-refractivity contribution is 0.0692. The summed E-state index contributed by atoms with van der Waals surface area (Å²) in [6.07, 6.45) is 1.62. The summed E-state index contributed by atoms with van der Waals surface area (Å²) in [6, 6.07) is 13.1. The van der Waals surface area contributed by atoms with E-state index in [1.165, 1.54) is 0 Å². The monoisotopic (exact) mass is 341 g/mol. The number of aromatic carboxylic acids is 1. The fourth-order valence-corrected chi connectivity index (χ4v) is 3.51. The van der Waals surface area contributed by atoms with Gasteiger partial charge in [-0.15, -0.1) is 0 Å². The molecule has 5 heteroatoms. The van der Waals surface area contributed by atoms with Gasteiger partial charge in [0.1, 0.15) is 11.9 Å². The molecule has 0 spiro atoms. The minimum atomic E-state index is -1.06. The normalized spacial score (nSPS) is 12.7. The van der Waals surface area contributed by atoms with Crippen molar-refractivity contribution < 1.29 is 14.5 Å². The van der Waals surface area contributed by atoms with Crippen molar-refractivity contribution in [2.45, 2.75) is 24.7 Å². The van der Waals surface area contributed by atoms with Gasteiger partial charge in [0.2, 0.25) is 0 Å². The molecule has 0 saturated carbocycles. The van der Waals surface area contributed by atoms with E-state index in [0.29, 0.717) is 5.56 Å². The minimum Gasteiger partial charge on any atom is -0.612 e. The number of rotatable bonds is 4. The summed E-state index contributed by atoms with van der Waals surface area (Å²) >= 11 is -1.06. The van der Waals surface area contributed by atoms with Gasteiger partial charge in [-0.25, -0.2) is 4.79 Å². The van der Waals surface area contributed by atoms with Crippen molar-refractivity contribution in [1.82, 2.24) is 4.98 Å². The first kappa shape index (κ1) is 16.6. The molecule has 2 aromatic carbocycles. The molecular formula is C19H19NO3S. The van der Waals surface area contributed by atoms with E-state index in [1.54, 1.807) is 18.4 Å². The number of aromatic amines is 1. The van der Waals surface area contributed by atoms with E-state index < -0.39 is 17.1 Å². The zero-order valence-corrected chi connectivity index (χ0v) is 14.6. The first-order valence-electron chi connectivity index (χ1n) is 7.72. The molecule has 1 unspecified atom stereocenters. The van der Waals surface area contributed by atoms with Gasteiger partial charge in [0.15, 0.2) is 4.90 Å². The molecule has 24 heavy (non-hydrogen) atoms. The van der Waals surface area contributed by atoms with Crippen molar-refractivity contribution in [2.24, 2.45) is 0 Å². The molecule has 0 bridgehead atoms. The molecule has 124 valence electrons. The number of carbonyl (C=O) groups is 1. The fraction of sp³-hybridized carbons (Fsp3) is 0.211. The Morgan fingerprint density at radius 1 is 1.17 bits per heavy atom. The van der Waals surface area contributed by atoms with E-state index in [4.69, 9.17) is 0 Å². The molecule has 4 nitrogen and oxygen atoms in total. The molecule has 0 aliphatic heterocycles. The number of para-hydroxylation sites is 1. The Labute approximate surface area is 143 Å². The van der Waals surface area contributed by atoms with Crippen LogP contribution in [0.5, 0.6) is 0 Å². The van der Waals surface area contributed by atoms with E-state index >= 15 is 0 Å². The first-order valence-corrected chi connectivity index (χ1v) is 9.27. The maximum Gasteiger partial charge on any atom is 0.352 e. The van der Waals surface area contributed by atoms with Gasteiger partial charge >= 0.3 is 5.97 Å². The highest BCUT2D eigenvalue weighted by molar-refractivity contribution is 7.90. The van der Waals surface area contributed by atoms with E-state index in [0.717, 1.165) is 26.9 Å². The van der Waals surface area contributed by atoms with Crippen molar-refractivity contribution in [3.63, 3.8) is 0 Å². The van der Waals surface area contributed by atoms with Gasteiger partial charge in [0.25, 0.3) is 0 Å². The number of benzene rings is 2. The first-order chi connectivity index (χ1) is 11.4. The summed E-state index contributed by atoms with van der Waals surface area (Å²) in [7, 11) is 0. The quantitative estimate of drug-likeness (QED) is 0.691. The maximum absolute atomic E-state index is 11.7. The van der Waals surface area contributed by atoms with Crippen molar-refractivity contribution in [1.29, 1.82) is 0 Å². The van der Waals surface area contributed by atoms with Crippen LogP contribution in [0.25, 0.3) is 22.0 Å². The predicted molar refractivity (Wildman–Crippen MR) is 97.1 cm³/mol. The molecule has 0 fully saturated rings. The zero-order valence-electron chi connectivity index (χ0n) is 13.8. The summed E-state index contributed by atoms with van der Waals surface area (Å²) < 4.78 is 11.6. The Bertz CT molecular complexity index is 895. The second-order valence-electron chi connectivity index (χ2n) is 6.08. The Morgan fingerprint density at radius 2 is 1.83 bits per heavy atom. The minimum absolute atomic E-state index is 0.184. The molecule has 0 aliphatic carbocycles. The Balaban J connectivity index is 2.27.